The van der Waals surface area contributed by atoms with Gasteiger partial charge in [-0.15, -0.1) is 5.10 Å². The van der Waals surface area contributed by atoms with Crippen LogP contribution in [0.4, 0.5) is 0 Å². The largest absolute Gasteiger partial charge is 0.494 e. The Balaban J connectivity index is 1.81. The van der Waals surface area contributed by atoms with Gasteiger partial charge in [0.15, 0.2) is 5.82 Å². The molecule has 0 aliphatic rings. The van der Waals surface area contributed by atoms with Gasteiger partial charge in [0.1, 0.15) is 5.75 Å². The third-order valence-electron chi connectivity index (χ3n) is 4.98. The minimum Gasteiger partial charge on any atom is -0.494 e. The molecule has 0 atom stereocenters. The number of unbranched alkanes of at least 4 members (excludes halogenated alkanes) is 1. The Kier molecular flexibility index (Phi) is 6.13. The van der Waals surface area contributed by atoms with Gasteiger partial charge < -0.3 is 9.72 Å². The molecule has 0 radical (unpaired) electrons. The number of rotatable bonds is 7. The van der Waals surface area contributed by atoms with Crippen LogP contribution in [0, 0.1) is 6.92 Å². The van der Waals surface area contributed by atoms with Crippen LogP contribution in [0.15, 0.2) is 53.3 Å². The first-order chi connectivity index (χ1) is 15.1. The molecule has 0 unspecified atom stereocenters. The predicted octanol–water partition coefficient (Wildman–Crippen LogP) is 5.03. The van der Waals surface area contributed by atoms with Crippen molar-refractivity contribution in [2.45, 2.75) is 26.7 Å². The molecule has 0 spiro atoms. The van der Waals surface area contributed by atoms with Crippen molar-refractivity contribution >= 4 is 11.6 Å². The number of pyridine rings is 1. The van der Waals surface area contributed by atoms with Crippen molar-refractivity contribution in [2.75, 3.05) is 6.61 Å². The summed E-state index contributed by atoms with van der Waals surface area (Å²) in [6.07, 6.45) is 2.03. The van der Waals surface area contributed by atoms with Crippen LogP contribution in [0.2, 0.25) is 5.02 Å². The summed E-state index contributed by atoms with van der Waals surface area (Å²) in [6, 6.07) is 15.3. The van der Waals surface area contributed by atoms with E-state index in [0.717, 1.165) is 24.0 Å². The summed E-state index contributed by atoms with van der Waals surface area (Å²) in [6.45, 7) is 4.76. The molecule has 0 aliphatic heterocycles. The van der Waals surface area contributed by atoms with E-state index in [4.69, 9.17) is 16.3 Å². The molecule has 2 aromatic heterocycles. The van der Waals surface area contributed by atoms with Crippen molar-refractivity contribution in [1.82, 2.24) is 25.6 Å². The molecule has 0 saturated heterocycles. The zero-order valence-electron chi connectivity index (χ0n) is 17.3. The summed E-state index contributed by atoms with van der Waals surface area (Å²) < 4.78 is 5.73. The van der Waals surface area contributed by atoms with Gasteiger partial charge in [-0.05, 0) is 53.6 Å². The Morgan fingerprint density at radius 2 is 1.87 bits per heavy atom. The minimum absolute atomic E-state index is 0.300. The number of nitrogens with one attached hydrogen (secondary N) is 2. The first kappa shape index (κ1) is 20.8. The van der Waals surface area contributed by atoms with Crippen molar-refractivity contribution in [3.8, 4) is 39.5 Å². The van der Waals surface area contributed by atoms with Gasteiger partial charge >= 0.3 is 0 Å². The van der Waals surface area contributed by atoms with Crippen LogP contribution in [-0.4, -0.2) is 32.2 Å². The molecule has 8 heteroatoms. The average molecular weight is 436 g/mol. The van der Waals surface area contributed by atoms with E-state index in [9.17, 15) is 4.79 Å². The summed E-state index contributed by atoms with van der Waals surface area (Å²) in [5, 5.41) is 14.3. The van der Waals surface area contributed by atoms with E-state index in [1.807, 2.05) is 49.4 Å². The summed E-state index contributed by atoms with van der Waals surface area (Å²) >= 11 is 6.55. The number of ether oxygens (including phenoxy) is 1. The third-order valence-corrected chi connectivity index (χ3v) is 5.29. The molecule has 0 amide bonds. The monoisotopic (exact) mass is 435 g/mol. The van der Waals surface area contributed by atoms with Crippen LogP contribution in [0.1, 0.15) is 25.3 Å². The minimum atomic E-state index is -0.314. The number of aromatic nitrogens is 5. The Bertz CT molecular complexity index is 1230. The lowest BCUT2D eigenvalue weighted by Gasteiger charge is -2.13. The number of benzene rings is 2. The van der Waals surface area contributed by atoms with Crippen molar-refractivity contribution in [1.29, 1.82) is 0 Å². The number of nitrogens with zero attached hydrogens (tertiary/aromatic N) is 3. The fourth-order valence-electron chi connectivity index (χ4n) is 3.30. The Morgan fingerprint density at radius 3 is 2.55 bits per heavy atom. The second kappa shape index (κ2) is 9.14. The molecule has 0 fully saturated rings. The first-order valence-corrected chi connectivity index (χ1v) is 10.5. The van der Waals surface area contributed by atoms with E-state index in [2.05, 4.69) is 32.5 Å². The van der Waals surface area contributed by atoms with Gasteiger partial charge in [0.05, 0.1) is 22.9 Å². The molecule has 7 nitrogen and oxygen atoms in total. The van der Waals surface area contributed by atoms with Gasteiger partial charge in [0, 0.05) is 11.1 Å². The predicted molar refractivity (Wildman–Crippen MR) is 121 cm³/mol. The number of H-pyrrole nitrogens is 2. The van der Waals surface area contributed by atoms with E-state index >= 15 is 0 Å². The van der Waals surface area contributed by atoms with Crippen molar-refractivity contribution in [3.05, 3.63) is 69.5 Å². The van der Waals surface area contributed by atoms with E-state index in [0.29, 0.717) is 45.6 Å². The summed E-state index contributed by atoms with van der Waals surface area (Å²) in [7, 11) is 0. The maximum absolute atomic E-state index is 13.1. The van der Waals surface area contributed by atoms with E-state index < -0.39 is 0 Å². The van der Waals surface area contributed by atoms with Crippen molar-refractivity contribution in [2.24, 2.45) is 0 Å². The van der Waals surface area contributed by atoms with Gasteiger partial charge in [-0.25, -0.2) is 5.10 Å². The van der Waals surface area contributed by atoms with Gasteiger partial charge in [-0.3, -0.25) is 4.79 Å². The molecule has 0 aliphatic carbocycles. The smallest absolute Gasteiger partial charge is 0.260 e. The lowest BCUT2D eigenvalue weighted by molar-refractivity contribution is 0.309. The van der Waals surface area contributed by atoms with E-state index in [1.54, 1.807) is 6.07 Å². The molecule has 0 bridgehead atoms. The van der Waals surface area contributed by atoms with Crippen molar-refractivity contribution in [3.63, 3.8) is 0 Å². The van der Waals surface area contributed by atoms with Crippen LogP contribution in [-0.2, 0) is 0 Å². The van der Waals surface area contributed by atoms with Gasteiger partial charge in [-0.1, -0.05) is 54.8 Å². The summed E-state index contributed by atoms with van der Waals surface area (Å²) in [5.74, 6) is 1.00. The van der Waals surface area contributed by atoms with Crippen LogP contribution in [0.3, 0.4) is 0 Å². The maximum atomic E-state index is 13.1. The Hall–Kier alpha value is -3.45. The number of aromatic amines is 2. The van der Waals surface area contributed by atoms with Gasteiger partial charge in [0.2, 0.25) is 0 Å². The highest BCUT2D eigenvalue weighted by Gasteiger charge is 2.18. The number of hydrogen-bond acceptors (Lipinski definition) is 5. The summed E-state index contributed by atoms with van der Waals surface area (Å²) in [4.78, 5) is 16.0. The lowest BCUT2D eigenvalue weighted by atomic mass is 9.97. The van der Waals surface area contributed by atoms with Gasteiger partial charge in [-0.2, -0.15) is 0 Å². The number of hydrogen-bond donors (Lipinski definition) is 2. The molecule has 158 valence electrons. The molecule has 2 N–H and O–H groups in total. The standard InChI is InChI=1S/C23H22ClN5O2/c1-3-4-11-31-16-9-10-17(19(24)12-16)20-13-18(15-7-5-14(2)6-8-15)21(23(30)25-20)22-26-28-29-27-22/h5-10,12-13H,3-4,11H2,1-2H3,(H,25,30)(H,26,27,28,29). The maximum Gasteiger partial charge on any atom is 0.260 e. The van der Waals surface area contributed by atoms with Crippen LogP contribution >= 0.6 is 11.6 Å². The quantitative estimate of drug-likeness (QED) is 0.397. The van der Waals surface area contributed by atoms with E-state index in [1.165, 1.54) is 0 Å². The fourth-order valence-corrected chi connectivity index (χ4v) is 3.58. The Labute approximate surface area is 184 Å². The third kappa shape index (κ3) is 4.51. The number of tetrazole rings is 1. The number of aryl methyl sites for hydroxylation is 1. The second-order valence-corrected chi connectivity index (χ2v) is 7.67. The highest BCUT2D eigenvalue weighted by atomic mass is 35.5. The van der Waals surface area contributed by atoms with E-state index in [-0.39, 0.29) is 5.56 Å². The molecule has 0 saturated carbocycles. The Morgan fingerprint density at radius 1 is 1.06 bits per heavy atom. The van der Waals surface area contributed by atoms with Crippen LogP contribution in [0.5, 0.6) is 5.75 Å². The van der Waals surface area contributed by atoms with Crippen LogP contribution < -0.4 is 10.3 Å². The first-order valence-electron chi connectivity index (χ1n) is 10.1. The fraction of sp³-hybridized carbons (Fsp3) is 0.217. The molecule has 31 heavy (non-hydrogen) atoms. The highest BCUT2D eigenvalue weighted by Crippen LogP contribution is 2.34. The number of halogens is 1. The topological polar surface area (TPSA) is 96.6 Å². The molecule has 2 heterocycles. The van der Waals surface area contributed by atoms with Crippen LogP contribution in [0.25, 0.3) is 33.8 Å². The zero-order chi connectivity index (χ0) is 21.8. The summed E-state index contributed by atoms with van der Waals surface area (Å²) in [5.41, 5.74) is 4.06. The zero-order valence-corrected chi connectivity index (χ0v) is 18.0. The molecular formula is C23H22ClN5O2. The highest BCUT2D eigenvalue weighted by molar-refractivity contribution is 6.33. The second-order valence-electron chi connectivity index (χ2n) is 7.26. The molecular weight excluding hydrogens is 414 g/mol. The van der Waals surface area contributed by atoms with Crippen molar-refractivity contribution < 1.29 is 4.74 Å². The normalized spacial score (nSPS) is 10.9. The SMILES string of the molecule is CCCCOc1ccc(-c2cc(-c3ccc(C)cc3)c(-c3nnn[nH]3)c(=O)[nH]2)c(Cl)c1. The molecule has 2 aromatic carbocycles. The molecule has 4 aromatic rings. The lowest BCUT2D eigenvalue weighted by Crippen LogP contribution is -2.13. The van der Waals surface area contributed by atoms with Gasteiger partial charge in [0.25, 0.3) is 5.56 Å². The average Bonchev–Trinajstić information content (AvgIpc) is 3.28. The molecule has 4 rings (SSSR count).